The van der Waals surface area contributed by atoms with Gasteiger partial charge >= 0.3 is 0 Å². The standard InChI is InChI=1S/C13H11NO2.C13H16.3C2H6/c1-10-2-4-11(5-3-10)12-6-8-13(9-7-12)14(15)16;1-4-5-6-12(3)13-9-7-11(2)8-10-13;3*1-2/h2-9H,1H3;4-10,12H,1H2,2-3H3;3*1-2H3/b;6-5-;;;. The second-order valence-electron chi connectivity index (χ2n) is 6.99. The van der Waals surface area contributed by atoms with Crippen molar-refractivity contribution >= 4 is 5.69 Å². The van der Waals surface area contributed by atoms with Gasteiger partial charge in [0.25, 0.3) is 5.69 Å². The van der Waals surface area contributed by atoms with Crippen LogP contribution in [0.2, 0.25) is 0 Å². The molecule has 0 spiro atoms. The largest absolute Gasteiger partial charge is 0.269 e. The maximum Gasteiger partial charge on any atom is 0.269 e. The van der Waals surface area contributed by atoms with Gasteiger partial charge in [-0.15, -0.1) is 0 Å². The van der Waals surface area contributed by atoms with Crippen molar-refractivity contribution in [3.8, 4) is 11.1 Å². The molecule has 3 aromatic carbocycles. The summed E-state index contributed by atoms with van der Waals surface area (Å²) in [6, 6.07) is 23.3. The third-order valence-corrected chi connectivity index (χ3v) is 4.60. The Morgan fingerprint density at radius 3 is 1.46 bits per heavy atom. The number of nitro groups is 1. The van der Waals surface area contributed by atoms with Gasteiger partial charge in [-0.2, -0.15) is 0 Å². The van der Waals surface area contributed by atoms with Gasteiger partial charge in [0, 0.05) is 12.1 Å². The third-order valence-electron chi connectivity index (χ3n) is 4.60. The Morgan fingerprint density at radius 2 is 1.09 bits per heavy atom. The highest BCUT2D eigenvalue weighted by molar-refractivity contribution is 5.64. The quantitative estimate of drug-likeness (QED) is 0.209. The van der Waals surface area contributed by atoms with Gasteiger partial charge in [-0.1, -0.05) is 133 Å². The first kappa shape index (κ1) is 33.7. The Hall–Kier alpha value is -3.46. The van der Waals surface area contributed by atoms with E-state index in [9.17, 15) is 10.1 Å². The molecule has 0 amide bonds. The van der Waals surface area contributed by atoms with E-state index < -0.39 is 0 Å². The number of rotatable bonds is 5. The Labute approximate surface area is 214 Å². The zero-order chi connectivity index (χ0) is 27.2. The maximum atomic E-state index is 10.5. The molecule has 3 aromatic rings. The lowest BCUT2D eigenvalue weighted by molar-refractivity contribution is -0.384. The van der Waals surface area contributed by atoms with Gasteiger partial charge in [-0.25, -0.2) is 0 Å². The summed E-state index contributed by atoms with van der Waals surface area (Å²) < 4.78 is 0. The molecule has 35 heavy (non-hydrogen) atoms. The first-order valence-electron chi connectivity index (χ1n) is 12.6. The molecule has 3 rings (SSSR count). The fraction of sp³-hybridized carbons (Fsp3) is 0.312. The number of nitrogens with zero attached hydrogens (tertiary/aromatic N) is 1. The minimum absolute atomic E-state index is 0.121. The zero-order valence-electron chi connectivity index (χ0n) is 23.2. The van der Waals surface area contributed by atoms with Gasteiger partial charge in [0.2, 0.25) is 0 Å². The van der Waals surface area contributed by atoms with Crippen LogP contribution in [0.3, 0.4) is 0 Å². The van der Waals surface area contributed by atoms with Crippen molar-refractivity contribution in [2.24, 2.45) is 0 Å². The van der Waals surface area contributed by atoms with Crippen molar-refractivity contribution in [2.45, 2.75) is 68.2 Å². The fourth-order valence-electron chi connectivity index (χ4n) is 2.75. The molecule has 0 saturated carbocycles. The van der Waals surface area contributed by atoms with Crippen molar-refractivity contribution in [1.82, 2.24) is 0 Å². The second-order valence-corrected chi connectivity index (χ2v) is 6.99. The van der Waals surface area contributed by atoms with Crippen LogP contribution in [-0.4, -0.2) is 4.92 Å². The highest BCUT2D eigenvalue weighted by Crippen LogP contribution is 2.22. The van der Waals surface area contributed by atoms with Crippen LogP contribution in [0.25, 0.3) is 11.1 Å². The van der Waals surface area contributed by atoms with E-state index in [1.807, 2.05) is 84.9 Å². The zero-order valence-corrected chi connectivity index (χ0v) is 23.2. The van der Waals surface area contributed by atoms with Crippen LogP contribution in [0.15, 0.2) is 97.6 Å². The first-order chi connectivity index (χ1) is 16.9. The van der Waals surface area contributed by atoms with E-state index in [0.717, 1.165) is 11.1 Å². The summed E-state index contributed by atoms with van der Waals surface area (Å²) in [4.78, 5) is 10.1. The number of nitro benzene ring substituents is 1. The molecule has 1 unspecified atom stereocenters. The number of allylic oxidation sites excluding steroid dienone is 3. The molecule has 3 nitrogen and oxygen atoms in total. The van der Waals surface area contributed by atoms with Gasteiger partial charge in [0.15, 0.2) is 0 Å². The molecular formula is C32H45NO2. The van der Waals surface area contributed by atoms with Crippen molar-refractivity contribution in [3.05, 3.63) is 124 Å². The molecule has 0 radical (unpaired) electrons. The van der Waals surface area contributed by atoms with Crippen molar-refractivity contribution in [3.63, 3.8) is 0 Å². The van der Waals surface area contributed by atoms with Crippen LogP contribution in [0.4, 0.5) is 5.69 Å². The number of hydrogen-bond donors (Lipinski definition) is 0. The summed E-state index contributed by atoms with van der Waals surface area (Å²) in [6.45, 7) is 22.0. The highest BCUT2D eigenvalue weighted by atomic mass is 16.6. The molecule has 0 N–H and O–H groups in total. The van der Waals surface area contributed by atoms with E-state index in [1.54, 1.807) is 12.1 Å². The topological polar surface area (TPSA) is 43.1 Å². The first-order valence-corrected chi connectivity index (χ1v) is 12.6. The van der Waals surface area contributed by atoms with Gasteiger partial charge in [-0.05, 0) is 48.6 Å². The normalized spacial score (nSPS) is 9.97. The molecular weight excluding hydrogens is 430 g/mol. The Balaban J connectivity index is 0. The molecule has 0 saturated heterocycles. The Bertz CT molecular complexity index is 954. The summed E-state index contributed by atoms with van der Waals surface area (Å²) in [7, 11) is 0. The van der Waals surface area contributed by atoms with Crippen LogP contribution < -0.4 is 0 Å². The van der Waals surface area contributed by atoms with Gasteiger partial charge in [-0.3, -0.25) is 10.1 Å². The van der Waals surface area contributed by atoms with Gasteiger partial charge in [0.05, 0.1) is 4.92 Å². The van der Waals surface area contributed by atoms with Crippen LogP contribution in [0.1, 0.15) is 71.1 Å². The summed E-state index contributed by atoms with van der Waals surface area (Å²) in [5.41, 5.74) is 6.04. The van der Waals surface area contributed by atoms with Gasteiger partial charge < -0.3 is 0 Å². The van der Waals surface area contributed by atoms with E-state index in [0.29, 0.717) is 5.92 Å². The average Bonchev–Trinajstić information content (AvgIpc) is 2.92. The molecule has 0 bridgehead atoms. The molecule has 0 aliphatic rings. The van der Waals surface area contributed by atoms with Crippen LogP contribution in [0.5, 0.6) is 0 Å². The number of benzene rings is 3. The third kappa shape index (κ3) is 13.7. The smallest absolute Gasteiger partial charge is 0.258 e. The minimum Gasteiger partial charge on any atom is -0.258 e. The lowest BCUT2D eigenvalue weighted by atomic mass is 10.00. The molecule has 0 aromatic heterocycles. The molecule has 0 heterocycles. The summed E-state index contributed by atoms with van der Waals surface area (Å²) >= 11 is 0. The number of non-ortho nitro benzene ring substituents is 1. The monoisotopic (exact) mass is 475 g/mol. The minimum atomic E-state index is -0.390. The van der Waals surface area contributed by atoms with Crippen molar-refractivity contribution < 1.29 is 4.92 Å². The van der Waals surface area contributed by atoms with E-state index in [-0.39, 0.29) is 10.6 Å². The fourth-order valence-corrected chi connectivity index (χ4v) is 2.75. The Morgan fingerprint density at radius 1 is 0.714 bits per heavy atom. The molecule has 0 fully saturated rings. The lowest BCUT2D eigenvalue weighted by Gasteiger charge is -2.06. The summed E-state index contributed by atoms with van der Waals surface area (Å²) in [5.74, 6) is 0.471. The second kappa shape index (κ2) is 21.1. The van der Waals surface area contributed by atoms with E-state index in [1.165, 1.54) is 28.8 Å². The summed E-state index contributed by atoms with van der Waals surface area (Å²) in [5, 5.41) is 10.5. The molecule has 0 aliphatic heterocycles. The number of hydrogen-bond acceptors (Lipinski definition) is 2. The van der Waals surface area contributed by atoms with E-state index >= 15 is 0 Å². The van der Waals surface area contributed by atoms with E-state index in [2.05, 4.69) is 50.8 Å². The highest BCUT2D eigenvalue weighted by Gasteiger charge is 2.04. The van der Waals surface area contributed by atoms with Crippen molar-refractivity contribution in [2.75, 3.05) is 0 Å². The van der Waals surface area contributed by atoms with Crippen LogP contribution in [0, 0.1) is 24.0 Å². The molecule has 0 aliphatic carbocycles. The average molecular weight is 476 g/mol. The van der Waals surface area contributed by atoms with E-state index in [4.69, 9.17) is 0 Å². The van der Waals surface area contributed by atoms with Crippen LogP contribution >= 0.6 is 0 Å². The maximum absolute atomic E-state index is 10.5. The van der Waals surface area contributed by atoms with Crippen LogP contribution in [-0.2, 0) is 0 Å². The molecule has 1 atom stereocenters. The SMILES string of the molecule is C=C/C=C\C(C)c1ccc(C)cc1.CC.CC.CC.Cc1ccc(-c2ccc([N+](=O)[O-])cc2)cc1. The predicted octanol–water partition coefficient (Wildman–Crippen LogP) is 10.5. The summed E-state index contributed by atoms with van der Waals surface area (Å²) in [6.07, 6.45) is 5.95. The van der Waals surface area contributed by atoms with Crippen molar-refractivity contribution in [1.29, 1.82) is 0 Å². The predicted molar refractivity (Wildman–Crippen MR) is 156 cm³/mol. The lowest BCUT2D eigenvalue weighted by Crippen LogP contribution is -1.88. The Kier molecular flexibility index (Phi) is 20.3. The number of aryl methyl sites for hydroxylation is 2. The van der Waals surface area contributed by atoms with Gasteiger partial charge in [0.1, 0.15) is 0 Å². The molecule has 3 heteroatoms. The molecule has 190 valence electrons.